The summed E-state index contributed by atoms with van der Waals surface area (Å²) in [5.41, 5.74) is 2.22. The Morgan fingerprint density at radius 2 is 2.38 bits per heavy atom. The molecule has 0 spiro atoms. The van der Waals surface area contributed by atoms with Crippen molar-refractivity contribution >= 4 is 5.97 Å². The molecule has 0 aromatic rings. The van der Waals surface area contributed by atoms with Crippen LogP contribution < -0.4 is 5.48 Å². The average Bonchev–Trinajstić information content (AvgIpc) is 1.68. The molecular formula is C4H9NO3. The Kier molecular flexibility index (Phi) is 4.20. The molecule has 0 saturated heterocycles. The highest BCUT2D eigenvalue weighted by Gasteiger charge is 1.96. The number of carbonyl (C=O) groups excluding carboxylic acids is 1. The fraction of sp³-hybridized carbons (Fsp3) is 0.750. The maximum Gasteiger partial charge on any atom is 0.350 e. The first-order valence-corrected chi connectivity index (χ1v) is 2.16. The van der Waals surface area contributed by atoms with E-state index in [4.69, 9.17) is 0 Å². The van der Waals surface area contributed by atoms with Crippen LogP contribution in [-0.2, 0) is 14.4 Å². The second-order valence-corrected chi connectivity index (χ2v) is 1.11. The third kappa shape index (κ3) is 3.58. The van der Waals surface area contributed by atoms with Crippen LogP contribution in [0.25, 0.3) is 0 Å². The maximum absolute atomic E-state index is 10.2. The molecular weight excluding hydrogens is 110 g/mol. The van der Waals surface area contributed by atoms with Crippen LogP contribution in [0.1, 0.15) is 0 Å². The summed E-state index contributed by atoms with van der Waals surface area (Å²) in [6.07, 6.45) is 0. The number of methoxy groups -OCH3 is 1. The molecule has 0 radical (unpaired) electrons. The van der Waals surface area contributed by atoms with Gasteiger partial charge in [-0.05, 0) is 0 Å². The number of hydrogen-bond acceptors (Lipinski definition) is 4. The normalized spacial score (nSPS) is 8.75. The Bertz CT molecular complexity index is 65.7. The van der Waals surface area contributed by atoms with Gasteiger partial charge in [-0.3, -0.25) is 0 Å². The highest BCUT2D eigenvalue weighted by atomic mass is 16.7. The minimum absolute atomic E-state index is 0.0131. The molecule has 0 aromatic carbocycles. The quantitative estimate of drug-likeness (QED) is 0.499. The minimum Gasteiger partial charge on any atom is -0.373 e. The first-order chi connectivity index (χ1) is 3.81. The Morgan fingerprint density at radius 1 is 1.75 bits per heavy atom. The van der Waals surface area contributed by atoms with E-state index in [1.165, 1.54) is 14.2 Å². The van der Waals surface area contributed by atoms with E-state index in [1.54, 1.807) is 0 Å². The topological polar surface area (TPSA) is 47.6 Å². The van der Waals surface area contributed by atoms with Gasteiger partial charge in [0.2, 0.25) is 0 Å². The van der Waals surface area contributed by atoms with Crippen LogP contribution in [0, 0.1) is 0 Å². The molecule has 1 N–H and O–H groups in total. The van der Waals surface area contributed by atoms with Gasteiger partial charge in [0.05, 0.1) is 0 Å². The summed E-state index contributed by atoms with van der Waals surface area (Å²) in [5, 5.41) is 0. The number of hydrogen-bond donors (Lipinski definition) is 1. The largest absolute Gasteiger partial charge is 0.373 e. The lowest BCUT2D eigenvalue weighted by molar-refractivity contribution is -0.154. The molecule has 8 heavy (non-hydrogen) atoms. The third-order valence-corrected chi connectivity index (χ3v) is 0.478. The fourth-order valence-corrected chi connectivity index (χ4v) is 0.261. The van der Waals surface area contributed by atoms with Gasteiger partial charge < -0.3 is 9.57 Å². The molecule has 0 atom stereocenters. The van der Waals surface area contributed by atoms with E-state index in [2.05, 4.69) is 15.1 Å². The predicted molar refractivity (Wildman–Crippen MR) is 27.0 cm³/mol. The van der Waals surface area contributed by atoms with Gasteiger partial charge in [-0.2, -0.15) is 5.48 Å². The maximum atomic E-state index is 10.2. The van der Waals surface area contributed by atoms with Crippen molar-refractivity contribution in [2.75, 3.05) is 20.8 Å². The van der Waals surface area contributed by atoms with E-state index in [0.29, 0.717) is 0 Å². The lowest BCUT2D eigenvalue weighted by atomic mass is 10.7. The molecule has 0 fully saturated rings. The fourth-order valence-electron chi connectivity index (χ4n) is 0.261. The number of ether oxygens (including phenoxy) is 1. The molecule has 0 rings (SSSR count). The third-order valence-electron chi connectivity index (χ3n) is 0.478. The van der Waals surface area contributed by atoms with Crippen molar-refractivity contribution in [3.05, 3.63) is 0 Å². The van der Waals surface area contributed by atoms with Gasteiger partial charge in [-0.25, -0.2) is 4.79 Å². The van der Waals surface area contributed by atoms with Gasteiger partial charge >= 0.3 is 5.97 Å². The molecule has 0 unspecified atom stereocenters. The predicted octanol–water partition coefficient (Wildman–Crippen LogP) is -0.690. The van der Waals surface area contributed by atoms with Crippen LogP contribution in [0.2, 0.25) is 0 Å². The van der Waals surface area contributed by atoms with Gasteiger partial charge in [0.15, 0.2) is 0 Å². The summed E-state index contributed by atoms with van der Waals surface area (Å²) < 4.78 is 4.44. The van der Waals surface area contributed by atoms with Gasteiger partial charge in [0, 0.05) is 14.2 Å². The second-order valence-electron chi connectivity index (χ2n) is 1.11. The zero-order valence-electron chi connectivity index (χ0n) is 4.93. The second kappa shape index (κ2) is 4.55. The molecule has 0 bridgehead atoms. The Labute approximate surface area is 47.7 Å². The Balaban J connectivity index is 3.06. The van der Waals surface area contributed by atoms with Crippen LogP contribution in [0.5, 0.6) is 0 Å². The lowest BCUT2D eigenvalue weighted by Crippen LogP contribution is -2.18. The molecule has 0 aliphatic rings. The molecule has 0 amide bonds. The summed E-state index contributed by atoms with van der Waals surface area (Å²) in [6.45, 7) is -0.0131. The molecule has 0 aliphatic carbocycles. The molecule has 0 aliphatic heterocycles. The van der Waals surface area contributed by atoms with Crippen molar-refractivity contribution in [3.8, 4) is 0 Å². The van der Waals surface area contributed by atoms with Gasteiger partial charge in [0.1, 0.15) is 6.61 Å². The van der Waals surface area contributed by atoms with Crippen molar-refractivity contribution < 1.29 is 14.4 Å². The number of rotatable bonds is 3. The smallest absolute Gasteiger partial charge is 0.350 e. The highest BCUT2D eigenvalue weighted by molar-refractivity contribution is 5.70. The van der Waals surface area contributed by atoms with Gasteiger partial charge in [-0.1, -0.05) is 0 Å². The van der Waals surface area contributed by atoms with Crippen LogP contribution in [0.4, 0.5) is 0 Å². The molecule has 4 nitrogen and oxygen atoms in total. The Morgan fingerprint density at radius 3 is 2.75 bits per heavy atom. The van der Waals surface area contributed by atoms with Crippen molar-refractivity contribution in [3.63, 3.8) is 0 Å². The summed E-state index contributed by atoms with van der Waals surface area (Å²) in [4.78, 5) is 14.5. The van der Waals surface area contributed by atoms with Crippen LogP contribution >= 0.6 is 0 Å². The first-order valence-electron chi connectivity index (χ1n) is 2.16. The van der Waals surface area contributed by atoms with E-state index >= 15 is 0 Å². The van der Waals surface area contributed by atoms with Crippen molar-refractivity contribution in [2.45, 2.75) is 0 Å². The average molecular weight is 119 g/mol. The first kappa shape index (κ1) is 7.39. The minimum atomic E-state index is -0.421. The Hall–Kier alpha value is -0.610. The van der Waals surface area contributed by atoms with E-state index in [1.807, 2.05) is 0 Å². The zero-order chi connectivity index (χ0) is 6.41. The summed E-state index contributed by atoms with van der Waals surface area (Å²) in [7, 11) is 2.94. The molecule has 0 aromatic heterocycles. The highest BCUT2D eigenvalue weighted by Crippen LogP contribution is 1.71. The summed E-state index contributed by atoms with van der Waals surface area (Å²) in [6, 6.07) is 0. The molecule has 4 heteroatoms. The van der Waals surface area contributed by atoms with Gasteiger partial charge in [0.25, 0.3) is 0 Å². The number of carbonyl (C=O) groups is 1. The summed E-state index contributed by atoms with van der Waals surface area (Å²) in [5.74, 6) is -0.421. The van der Waals surface area contributed by atoms with Crippen molar-refractivity contribution in [1.82, 2.24) is 5.48 Å². The van der Waals surface area contributed by atoms with E-state index in [0.717, 1.165) is 0 Å². The SMILES string of the molecule is CNOC(=O)COC. The number of nitrogens with one attached hydrogen (secondary N) is 1. The van der Waals surface area contributed by atoms with Crippen LogP contribution in [-0.4, -0.2) is 26.7 Å². The number of hydroxylamine groups is 1. The molecule has 48 valence electrons. The standard InChI is InChI=1S/C4H9NO3/c1-5-8-4(6)3-7-2/h5H,3H2,1-2H3. The molecule has 0 heterocycles. The van der Waals surface area contributed by atoms with E-state index in [9.17, 15) is 4.79 Å². The summed E-state index contributed by atoms with van der Waals surface area (Å²) >= 11 is 0. The van der Waals surface area contributed by atoms with Crippen molar-refractivity contribution in [2.24, 2.45) is 0 Å². The molecule has 0 saturated carbocycles. The van der Waals surface area contributed by atoms with Crippen LogP contribution in [0.3, 0.4) is 0 Å². The van der Waals surface area contributed by atoms with Crippen molar-refractivity contribution in [1.29, 1.82) is 0 Å². The van der Waals surface area contributed by atoms with E-state index in [-0.39, 0.29) is 6.61 Å². The van der Waals surface area contributed by atoms with Crippen LogP contribution in [0.15, 0.2) is 0 Å². The van der Waals surface area contributed by atoms with E-state index < -0.39 is 5.97 Å². The van der Waals surface area contributed by atoms with Gasteiger partial charge in [-0.15, -0.1) is 0 Å². The zero-order valence-corrected chi connectivity index (χ0v) is 4.93. The lowest BCUT2D eigenvalue weighted by Gasteiger charge is -1.97. The monoisotopic (exact) mass is 119 g/mol.